The third-order valence-electron chi connectivity index (χ3n) is 3.78. The number of halogens is 2. The minimum Gasteiger partial charge on any atom is -0.331 e. The van der Waals surface area contributed by atoms with Gasteiger partial charge >= 0.3 is 0 Å². The quantitative estimate of drug-likeness (QED) is 0.377. The molecule has 1 amide bonds. The van der Waals surface area contributed by atoms with Crippen molar-refractivity contribution >= 4 is 40.7 Å². The van der Waals surface area contributed by atoms with Gasteiger partial charge in [0.15, 0.2) is 16.7 Å². The summed E-state index contributed by atoms with van der Waals surface area (Å²) in [7, 11) is 0. The van der Waals surface area contributed by atoms with Gasteiger partial charge in [-0.2, -0.15) is 0 Å². The lowest BCUT2D eigenvalue weighted by Crippen LogP contribution is -2.44. The van der Waals surface area contributed by atoms with Crippen molar-refractivity contribution in [1.82, 2.24) is 10.9 Å². The van der Waals surface area contributed by atoms with Gasteiger partial charge < -0.3 is 5.32 Å². The average Bonchev–Trinajstić information content (AvgIpc) is 2.64. The highest BCUT2D eigenvalue weighted by Gasteiger charge is 2.08. The normalized spacial score (nSPS) is 10.4. The van der Waals surface area contributed by atoms with E-state index in [0.29, 0.717) is 15.8 Å². The summed E-state index contributed by atoms with van der Waals surface area (Å²) in [6, 6.07) is 9.65. The van der Waals surface area contributed by atoms with E-state index in [4.69, 9.17) is 12.2 Å². The molecule has 3 N–H and O–H groups in total. The maximum Gasteiger partial charge on any atom is 0.239 e. The number of aryl methyl sites for hydroxylation is 2. The average molecular weight is 410 g/mol. The first kappa shape index (κ1) is 21.1. The van der Waals surface area contributed by atoms with E-state index >= 15 is 0 Å². The van der Waals surface area contributed by atoms with Crippen LogP contribution >= 0.6 is 24.0 Å². The van der Waals surface area contributed by atoms with Gasteiger partial charge in [-0.1, -0.05) is 25.1 Å². The molecule has 0 radical (unpaired) electrons. The van der Waals surface area contributed by atoms with Crippen LogP contribution in [0.3, 0.4) is 0 Å². The number of hydrazine groups is 1. The van der Waals surface area contributed by atoms with E-state index in [1.165, 1.54) is 17.8 Å². The van der Waals surface area contributed by atoms with Crippen molar-refractivity contribution in [2.24, 2.45) is 0 Å². The van der Waals surface area contributed by atoms with E-state index in [1.54, 1.807) is 0 Å². The summed E-state index contributed by atoms with van der Waals surface area (Å²) in [5.41, 5.74) is 8.33. The zero-order valence-electron chi connectivity index (χ0n) is 15.1. The molecule has 2 rings (SSSR count). The van der Waals surface area contributed by atoms with Crippen molar-refractivity contribution in [2.75, 3.05) is 11.1 Å². The van der Waals surface area contributed by atoms with Crippen LogP contribution in [0.15, 0.2) is 41.3 Å². The molecule has 2 aromatic rings. The van der Waals surface area contributed by atoms with Crippen LogP contribution in [0, 0.1) is 18.6 Å². The van der Waals surface area contributed by atoms with Gasteiger partial charge in [-0.15, -0.1) is 11.8 Å². The number of rotatable bonds is 6. The molecule has 0 aliphatic heterocycles. The second-order valence-corrected chi connectivity index (χ2v) is 7.34. The first-order valence-corrected chi connectivity index (χ1v) is 9.82. The SMILES string of the molecule is CCc1cccc(C)c1NC(=S)NNC(=O)CCSc1ccc(F)c(F)c1. The van der Waals surface area contributed by atoms with Crippen LogP contribution < -0.4 is 16.2 Å². The topological polar surface area (TPSA) is 53.2 Å². The van der Waals surface area contributed by atoms with Gasteiger partial charge in [-0.25, -0.2) is 8.78 Å². The van der Waals surface area contributed by atoms with E-state index in [0.717, 1.165) is 35.4 Å². The van der Waals surface area contributed by atoms with Crippen LogP contribution in [0.5, 0.6) is 0 Å². The largest absolute Gasteiger partial charge is 0.331 e. The lowest BCUT2D eigenvalue weighted by molar-refractivity contribution is -0.121. The Kier molecular flexibility index (Phi) is 7.99. The van der Waals surface area contributed by atoms with Crippen molar-refractivity contribution < 1.29 is 13.6 Å². The molecular weight excluding hydrogens is 388 g/mol. The molecule has 0 aliphatic carbocycles. The second-order valence-electron chi connectivity index (χ2n) is 5.76. The number of anilines is 1. The number of hydrogen-bond donors (Lipinski definition) is 3. The summed E-state index contributed by atoms with van der Waals surface area (Å²) in [6.45, 7) is 4.04. The molecule has 0 aliphatic rings. The Hall–Kier alpha value is -2.19. The summed E-state index contributed by atoms with van der Waals surface area (Å²) in [6.07, 6.45) is 1.06. The highest BCUT2D eigenvalue weighted by Crippen LogP contribution is 2.21. The van der Waals surface area contributed by atoms with Gasteiger partial charge in [0.2, 0.25) is 5.91 Å². The maximum absolute atomic E-state index is 13.1. The molecule has 0 aromatic heterocycles. The van der Waals surface area contributed by atoms with Gasteiger partial charge in [0.1, 0.15) is 0 Å². The lowest BCUT2D eigenvalue weighted by atomic mass is 10.1. The molecular formula is C19H21F2N3OS2. The predicted octanol–water partition coefficient (Wildman–Crippen LogP) is 4.34. The van der Waals surface area contributed by atoms with E-state index in [9.17, 15) is 13.6 Å². The smallest absolute Gasteiger partial charge is 0.239 e. The van der Waals surface area contributed by atoms with Crippen molar-refractivity contribution in [2.45, 2.75) is 31.6 Å². The van der Waals surface area contributed by atoms with E-state index < -0.39 is 11.6 Å². The van der Waals surface area contributed by atoms with Crippen LogP contribution in [0.2, 0.25) is 0 Å². The Morgan fingerprint density at radius 1 is 1.15 bits per heavy atom. The van der Waals surface area contributed by atoms with Crippen molar-refractivity contribution in [3.63, 3.8) is 0 Å². The number of carbonyl (C=O) groups excluding carboxylic acids is 1. The molecule has 0 unspecified atom stereocenters. The minimum atomic E-state index is -0.898. The van der Waals surface area contributed by atoms with Gasteiger partial charge in [-0.05, 0) is 54.9 Å². The standard InChI is InChI=1S/C19H21F2N3OS2/c1-3-13-6-4-5-12(2)18(13)22-19(26)24-23-17(25)9-10-27-14-7-8-15(20)16(21)11-14/h4-8,11H,3,9-10H2,1-2H3,(H,23,25)(H2,22,24,26). The summed E-state index contributed by atoms with van der Waals surface area (Å²) in [5.74, 6) is -1.61. The number of hydrogen-bond acceptors (Lipinski definition) is 3. The fourth-order valence-electron chi connectivity index (χ4n) is 2.36. The van der Waals surface area contributed by atoms with E-state index in [1.807, 2.05) is 25.1 Å². The number of nitrogens with one attached hydrogen (secondary N) is 3. The summed E-state index contributed by atoms with van der Waals surface area (Å²) < 4.78 is 26.0. The molecule has 2 aromatic carbocycles. The highest BCUT2D eigenvalue weighted by molar-refractivity contribution is 7.99. The Bertz CT molecular complexity index is 831. The first-order valence-electron chi connectivity index (χ1n) is 8.43. The summed E-state index contributed by atoms with van der Waals surface area (Å²) in [5, 5.41) is 3.39. The predicted molar refractivity (Wildman–Crippen MR) is 110 cm³/mol. The second kappa shape index (κ2) is 10.2. The molecule has 27 heavy (non-hydrogen) atoms. The molecule has 8 heteroatoms. The molecule has 0 saturated carbocycles. The van der Waals surface area contributed by atoms with Gasteiger partial charge in [-0.3, -0.25) is 15.6 Å². The molecule has 0 fully saturated rings. The number of benzene rings is 2. The van der Waals surface area contributed by atoms with Crippen LogP contribution in [0.25, 0.3) is 0 Å². The number of para-hydroxylation sites is 1. The molecule has 4 nitrogen and oxygen atoms in total. The van der Waals surface area contributed by atoms with Crippen molar-refractivity contribution in [3.05, 3.63) is 59.2 Å². The number of carbonyl (C=O) groups is 1. The van der Waals surface area contributed by atoms with Crippen LogP contribution in [-0.2, 0) is 11.2 Å². The Morgan fingerprint density at radius 2 is 1.93 bits per heavy atom. The lowest BCUT2D eigenvalue weighted by Gasteiger charge is -2.16. The van der Waals surface area contributed by atoms with Crippen LogP contribution in [0.1, 0.15) is 24.5 Å². The summed E-state index contributed by atoms with van der Waals surface area (Å²) in [4.78, 5) is 12.5. The fraction of sp³-hybridized carbons (Fsp3) is 0.263. The molecule has 0 bridgehead atoms. The van der Waals surface area contributed by atoms with E-state index in [-0.39, 0.29) is 12.3 Å². The molecule has 0 saturated heterocycles. The fourth-order valence-corrected chi connectivity index (χ4v) is 3.39. The van der Waals surface area contributed by atoms with Gasteiger partial charge in [0.25, 0.3) is 0 Å². The Balaban J connectivity index is 1.75. The molecule has 144 valence electrons. The van der Waals surface area contributed by atoms with Gasteiger partial charge in [0.05, 0.1) is 0 Å². The number of thioether (sulfide) groups is 1. The van der Waals surface area contributed by atoms with Crippen molar-refractivity contribution in [1.29, 1.82) is 0 Å². The maximum atomic E-state index is 13.1. The van der Waals surface area contributed by atoms with Crippen LogP contribution in [0.4, 0.5) is 14.5 Å². The Labute approximate surface area is 167 Å². The first-order chi connectivity index (χ1) is 12.9. The molecule has 0 heterocycles. The zero-order chi connectivity index (χ0) is 19.8. The third kappa shape index (κ3) is 6.48. The Morgan fingerprint density at radius 3 is 2.63 bits per heavy atom. The zero-order valence-corrected chi connectivity index (χ0v) is 16.7. The minimum absolute atomic E-state index is 0.198. The van der Waals surface area contributed by atoms with Gasteiger partial charge in [0, 0.05) is 22.8 Å². The molecule has 0 spiro atoms. The highest BCUT2D eigenvalue weighted by atomic mass is 32.2. The monoisotopic (exact) mass is 409 g/mol. The van der Waals surface area contributed by atoms with E-state index in [2.05, 4.69) is 23.1 Å². The van der Waals surface area contributed by atoms with Crippen LogP contribution in [-0.4, -0.2) is 16.8 Å². The summed E-state index contributed by atoms with van der Waals surface area (Å²) >= 11 is 6.49. The number of amides is 1. The van der Waals surface area contributed by atoms with Crippen molar-refractivity contribution in [3.8, 4) is 0 Å². The molecule has 0 atom stereocenters. The third-order valence-corrected chi connectivity index (χ3v) is 4.98. The number of thiocarbonyl (C=S) groups is 1.